The van der Waals surface area contributed by atoms with Gasteiger partial charge in [-0.05, 0) is 77.0 Å². The van der Waals surface area contributed by atoms with Crippen molar-refractivity contribution in [3.63, 3.8) is 0 Å². The zero-order chi connectivity index (χ0) is 33.6. The van der Waals surface area contributed by atoms with Gasteiger partial charge in [-0.3, -0.25) is 9.59 Å². The molecule has 0 saturated heterocycles. The van der Waals surface area contributed by atoms with Crippen LogP contribution in [0.3, 0.4) is 0 Å². The first-order valence-electron chi connectivity index (χ1n) is 18.8. The Labute approximate surface area is 283 Å². The van der Waals surface area contributed by atoms with E-state index in [4.69, 9.17) is 9.47 Å². The Kier molecular flexibility index (Phi) is 35.1. The van der Waals surface area contributed by atoms with Gasteiger partial charge in [-0.15, -0.1) is 0 Å². The van der Waals surface area contributed by atoms with Crippen molar-refractivity contribution in [2.75, 3.05) is 13.2 Å². The average Bonchev–Trinajstić information content (AvgIpc) is 3.06. The van der Waals surface area contributed by atoms with Gasteiger partial charge in [-0.1, -0.05) is 139 Å². The van der Waals surface area contributed by atoms with Crippen LogP contribution in [-0.2, 0) is 19.1 Å². The van der Waals surface area contributed by atoms with Gasteiger partial charge < -0.3 is 14.6 Å². The van der Waals surface area contributed by atoms with E-state index < -0.39 is 6.10 Å². The molecule has 0 aliphatic rings. The van der Waals surface area contributed by atoms with Gasteiger partial charge in [0.1, 0.15) is 6.61 Å². The fraction of sp³-hybridized carbons (Fsp3) is 0.707. The molecule has 0 saturated carbocycles. The summed E-state index contributed by atoms with van der Waals surface area (Å²) >= 11 is 0. The Morgan fingerprint density at radius 1 is 0.500 bits per heavy atom. The molecule has 264 valence electrons. The van der Waals surface area contributed by atoms with Crippen molar-refractivity contribution in [2.45, 2.75) is 174 Å². The third kappa shape index (κ3) is 34.5. The van der Waals surface area contributed by atoms with Gasteiger partial charge >= 0.3 is 11.9 Å². The minimum absolute atomic E-state index is 0.0954. The monoisotopic (exact) mass is 643 g/mol. The van der Waals surface area contributed by atoms with Crippen LogP contribution in [0.4, 0.5) is 0 Å². The highest BCUT2D eigenvalue weighted by Gasteiger charge is 2.15. The first-order chi connectivity index (χ1) is 22.6. The molecule has 0 rings (SSSR count). The van der Waals surface area contributed by atoms with Crippen molar-refractivity contribution in [2.24, 2.45) is 0 Å². The zero-order valence-electron chi connectivity index (χ0n) is 29.8. The van der Waals surface area contributed by atoms with E-state index in [0.29, 0.717) is 12.8 Å². The number of hydrogen-bond acceptors (Lipinski definition) is 5. The van der Waals surface area contributed by atoms with Crippen LogP contribution in [0.2, 0.25) is 0 Å². The molecule has 1 unspecified atom stereocenters. The molecule has 0 aromatic carbocycles. The summed E-state index contributed by atoms with van der Waals surface area (Å²) < 4.78 is 10.5. The maximum absolute atomic E-state index is 12.1. The first-order valence-corrected chi connectivity index (χ1v) is 18.8. The van der Waals surface area contributed by atoms with Crippen LogP contribution >= 0.6 is 0 Å². The summed E-state index contributed by atoms with van der Waals surface area (Å²) in [6.45, 7) is 4.03. The molecule has 0 aliphatic heterocycles. The highest BCUT2D eigenvalue weighted by molar-refractivity contribution is 5.70. The minimum atomic E-state index is -0.804. The van der Waals surface area contributed by atoms with E-state index in [9.17, 15) is 14.7 Å². The molecule has 5 nitrogen and oxygen atoms in total. The Balaban J connectivity index is 3.70. The number of allylic oxidation sites excluding steroid dienone is 10. The highest BCUT2D eigenvalue weighted by atomic mass is 16.6. The smallest absolute Gasteiger partial charge is 0.306 e. The second-order valence-corrected chi connectivity index (χ2v) is 12.3. The number of unbranched alkanes of at least 4 members (excludes halogenated alkanes) is 15. The van der Waals surface area contributed by atoms with E-state index in [1.165, 1.54) is 83.5 Å². The van der Waals surface area contributed by atoms with E-state index in [1.807, 2.05) is 0 Å². The fourth-order valence-electron chi connectivity index (χ4n) is 4.89. The summed E-state index contributed by atoms with van der Waals surface area (Å²) in [4.78, 5) is 24.2. The Hall–Kier alpha value is -2.40. The number of ether oxygens (including phenoxy) is 2. The van der Waals surface area contributed by atoms with Crippen LogP contribution in [0.1, 0.15) is 168 Å². The van der Waals surface area contributed by atoms with Gasteiger partial charge in [0.2, 0.25) is 0 Å². The third-order valence-corrected chi connectivity index (χ3v) is 7.78. The minimum Gasteiger partial charge on any atom is -0.462 e. The quantitative estimate of drug-likeness (QED) is 0.0438. The molecule has 0 amide bonds. The summed E-state index contributed by atoms with van der Waals surface area (Å²) in [7, 11) is 0. The number of carbonyl (C=O) groups excluding carboxylic acids is 2. The van der Waals surface area contributed by atoms with Crippen LogP contribution in [0.15, 0.2) is 60.8 Å². The highest BCUT2D eigenvalue weighted by Crippen LogP contribution is 2.10. The second kappa shape index (κ2) is 37.1. The van der Waals surface area contributed by atoms with Gasteiger partial charge in [-0.2, -0.15) is 0 Å². The first kappa shape index (κ1) is 43.6. The van der Waals surface area contributed by atoms with E-state index in [-0.39, 0.29) is 31.6 Å². The van der Waals surface area contributed by atoms with Gasteiger partial charge in [0.05, 0.1) is 6.61 Å². The summed E-state index contributed by atoms with van der Waals surface area (Å²) in [5, 5.41) is 9.53. The van der Waals surface area contributed by atoms with Crippen molar-refractivity contribution < 1.29 is 24.2 Å². The molecule has 1 N–H and O–H groups in total. The molecule has 0 aliphatic carbocycles. The predicted octanol–water partition coefficient (Wildman–Crippen LogP) is 11.6. The summed E-state index contributed by atoms with van der Waals surface area (Å²) in [6.07, 6.45) is 47.1. The molecule has 0 bridgehead atoms. The number of esters is 2. The molecule has 0 aromatic rings. The topological polar surface area (TPSA) is 72.8 Å². The van der Waals surface area contributed by atoms with E-state index in [1.54, 1.807) is 0 Å². The summed E-state index contributed by atoms with van der Waals surface area (Å²) in [5.41, 5.74) is 0. The van der Waals surface area contributed by atoms with Crippen molar-refractivity contribution >= 4 is 11.9 Å². The summed E-state index contributed by atoms with van der Waals surface area (Å²) in [5.74, 6) is -0.673. The van der Waals surface area contributed by atoms with E-state index >= 15 is 0 Å². The van der Waals surface area contributed by atoms with Gasteiger partial charge in [-0.25, -0.2) is 0 Å². The fourth-order valence-corrected chi connectivity index (χ4v) is 4.89. The third-order valence-electron chi connectivity index (χ3n) is 7.78. The summed E-state index contributed by atoms with van der Waals surface area (Å²) in [6, 6.07) is 0. The molecular weight excluding hydrogens is 572 g/mol. The van der Waals surface area contributed by atoms with Crippen LogP contribution < -0.4 is 0 Å². The molecule has 0 radical (unpaired) electrons. The molecular formula is C41H70O5. The number of carbonyl (C=O) groups is 2. The van der Waals surface area contributed by atoms with Crippen molar-refractivity contribution in [1.82, 2.24) is 0 Å². The lowest BCUT2D eigenvalue weighted by molar-refractivity contribution is -0.161. The van der Waals surface area contributed by atoms with E-state index in [0.717, 1.165) is 51.4 Å². The predicted molar refractivity (Wildman–Crippen MR) is 196 cm³/mol. The number of aliphatic hydroxyl groups is 1. The maximum atomic E-state index is 12.1. The normalized spacial score (nSPS) is 12.8. The molecule has 0 fully saturated rings. The molecule has 0 heterocycles. The van der Waals surface area contributed by atoms with Crippen molar-refractivity contribution in [1.29, 1.82) is 0 Å². The lowest BCUT2D eigenvalue weighted by Gasteiger charge is -2.15. The largest absolute Gasteiger partial charge is 0.462 e. The SMILES string of the molecule is CCCCCC=CCC=CCCCCCCCC(=O)OCC(CO)OC(=O)CCCC=CCC=CCC=CCCCCCCCC. The van der Waals surface area contributed by atoms with Crippen LogP contribution in [0.25, 0.3) is 0 Å². The van der Waals surface area contributed by atoms with Gasteiger partial charge in [0, 0.05) is 12.8 Å². The molecule has 46 heavy (non-hydrogen) atoms. The van der Waals surface area contributed by atoms with Gasteiger partial charge in [0.25, 0.3) is 0 Å². The maximum Gasteiger partial charge on any atom is 0.306 e. The van der Waals surface area contributed by atoms with Crippen LogP contribution in [0.5, 0.6) is 0 Å². The number of rotatable bonds is 33. The Morgan fingerprint density at radius 3 is 1.41 bits per heavy atom. The van der Waals surface area contributed by atoms with Crippen molar-refractivity contribution in [3.05, 3.63) is 60.8 Å². The molecule has 5 heteroatoms. The van der Waals surface area contributed by atoms with Crippen LogP contribution in [0, 0.1) is 0 Å². The van der Waals surface area contributed by atoms with Crippen LogP contribution in [-0.4, -0.2) is 36.4 Å². The number of aliphatic hydroxyl groups excluding tert-OH is 1. The van der Waals surface area contributed by atoms with Gasteiger partial charge in [0.15, 0.2) is 6.10 Å². The molecule has 1 atom stereocenters. The Bertz CT molecular complexity index is 823. The second-order valence-electron chi connectivity index (χ2n) is 12.3. The lowest BCUT2D eigenvalue weighted by Crippen LogP contribution is -2.28. The average molecular weight is 643 g/mol. The zero-order valence-corrected chi connectivity index (χ0v) is 29.8. The molecule has 0 spiro atoms. The van der Waals surface area contributed by atoms with E-state index in [2.05, 4.69) is 74.6 Å². The Morgan fingerprint density at radius 2 is 0.891 bits per heavy atom. The number of hydrogen-bond donors (Lipinski definition) is 1. The standard InChI is InChI=1S/C41H70O5/c1-3-5-7-9-11-13-15-17-19-20-22-24-26-28-30-32-34-36-41(44)46-39(37-42)38-45-40(43)35-33-31-29-27-25-23-21-18-16-14-12-10-8-6-4-2/h12,14,17-19,21-22,24,28,30,39,42H,3-11,13,15-16,20,23,25-27,29,31-38H2,1-2H3. The lowest BCUT2D eigenvalue weighted by atomic mass is 10.1. The molecule has 0 aromatic heterocycles. The van der Waals surface area contributed by atoms with Crippen molar-refractivity contribution in [3.8, 4) is 0 Å².